The Morgan fingerprint density at radius 2 is 1.69 bits per heavy atom. The fraction of sp³-hybridized carbons (Fsp3) is 0.200. The number of rotatable bonds is 4. The first-order chi connectivity index (χ1) is 14.1. The maximum atomic E-state index is 9.24. The molecule has 0 bridgehead atoms. The molecule has 4 aromatic rings. The van der Waals surface area contributed by atoms with Gasteiger partial charge in [-0.3, -0.25) is 0 Å². The highest BCUT2D eigenvalue weighted by molar-refractivity contribution is 5.85. The van der Waals surface area contributed by atoms with Gasteiger partial charge in [-0.25, -0.2) is 5.21 Å². The van der Waals surface area contributed by atoms with Crippen molar-refractivity contribution in [1.29, 1.82) is 0 Å². The minimum Gasteiger partial charge on any atom is -0.361 e. The lowest BCUT2D eigenvalue weighted by atomic mass is 9.77. The number of anilines is 1. The second-order valence-corrected chi connectivity index (χ2v) is 8.43. The third-order valence-electron chi connectivity index (χ3n) is 6.30. The second-order valence-electron chi connectivity index (χ2n) is 8.43. The first-order valence-corrected chi connectivity index (χ1v) is 10.1. The van der Waals surface area contributed by atoms with E-state index in [1.54, 1.807) is 0 Å². The predicted octanol–water partition coefficient (Wildman–Crippen LogP) is 4.79. The van der Waals surface area contributed by atoms with Crippen LogP contribution in [0.5, 0.6) is 0 Å². The quantitative estimate of drug-likeness (QED) is 0.350. The van der Waals surface area contributed by atoms with E-state index in [4.69, 9.17) is 0 Å². The van der Waals surface area contributed by atoms with Crippen LogP contribution in [0.1, 0.15) is 36.6 Å². The van der Waals surface area contributed by atoms with Gasteiger partial charge in [0, 0.05) is 52.4 Å². The van der Waals surface area contributed by atoms with Crippen LogP contribution in [0.15, 0.2) is 79.0 Å². The van der Waals surface area contributed by atoms with E-state index >= 15 is 0 Å². The van der Waals surface area contributed by atoms with Gasteiger partial charge in [0.15, 0.2) is 5.69 Å². The highest BCUT2D eigenvalue weighted by atomic mass is 16.5. The molecule has 2 heterocycles. The molecule has 0 radical (unpaired) electrons. The number of hydrogen-bond acceptors (Lipinski definition) is 2. The van der Waals surface area contributed by atoms with Crippen molar-refractivity contribution in [1.82, 2.24) is 4.98 Å². The molecule has 1 aliphatic rings. The van der Waals surface area contributed by atoms with Crippen LogP contribution in [0.25, 0.3) is 10.9 Å². The Hall–Kier alpha value is -3.08. The fourth-order valence-corrected chi connectivity index (χ4v) is 4.90. The standard InChI is InChI=1S/C25H25N3O/c1-25(2)21-8-4-6-10-23(21)28(16-17-11-13-18(27-29)14-12-17)24(25)20-15-26-22-9-5-3-7-19(20)22/h3-15,24,26-27,29H,16H2,1-2H3/p+1. The first-order valence-electron chi connectivity index (χ1n) is 10.1. The predicted molar refractivity (Wildman–Crippen MR) is 117 cm³/mol. The van der Waals surface area contributed by atoms with E-state index in [1.165, 1.54) is 33.3 Å². The average molecular weight is 385 g/mol. The number of benzene rings is 3. The Balaban J connectivity index is 1.64. The third kappa shape index (κ3) is 2.84. The minimum absolute atomic E-state index is 0.0274. The molecule has 4 nitrogen and oxygen atoms in total. The summed E-state index contributed by atoms with van der Waals surface area (Å²) in [6, 6.07) is 25.7. The van der Waals surface area contributed by atoms with Gasteiger partial charge < -0.3 is 9.88 Å². The normalized spacial score (nSPS) is 17.6. The Bertz CT molecular complexity index is 1160. The van der Waals surface area contributed by atoms with Gasteiger partial charge in [-0.05, 0) is 23.3 Å². The van der Waals surface area contributed by atoms with E-state index in [1.807, 2.05) is 12.1 Å². The SMILES string of the molecule is CC1(C)c2ccccc2N(Cc2ccc([NH2+]O)cc2)C1c1c[nH]c2ccccc12. The van der Waals surface area contributed by atoms with Crippen LogP contribution in [0.4, 0.5) is 11.4 Å². The zero-order valence-electron chi connectivity index (χ0n) is 16.8. The number of aromatic amines is 1. The van der Waals surface area contributed by atoms with E-state index < -0.39 is 0 Å². The first kappa shape index (κ1) is 18.0. The van der Waals surface area contributed by atoms with Crippen molar-refractivity contribution in [3.63, 3.8) is 0 Å². The van der Waals surface area contributed by atoms with Crippen molar-refractivity contribution in [2.24, 2.45) is 0 Å². The summed E-state index contributed by atoms with van der Waals surface area (Å²) >= 11 is 0. The molecule has 0 saturated heterocycles. The number of nitrogens with two attached hydrogens (primary N) is 1. The minimum atomic E-state index is -0.0274. The Kier molecular flexibility index (Phi) is 4.19. The lowest BCUT2D eigenvalue weighted by Gasteiger charge is -2.35. The molecule has 4 N–H and O–H groups in total. The smallest absolute Gasteiger partial charge is 0.161 e. The number of nitrogens with one attached hydrogen (secondary N) is 1. The van der Waals surface area contributed by atoms with Crippen molar-refractivity contribution in [2.75, 3.05) is 4.90 Å². The van der Waals surface area contributed by atoms with E-state index in [-0.39, 0.29) is 11.5 Å². The number of aromatic nitrogens is 1. The van der Waals surface area contributed by atoms with Gasteiger partial charge >= 0.3 is 0 Å². The van der Waals surface area contributed by atoms with Crippen LogP contribution in [0.2, 0.25) is 0 Å². The van der Waals surface area contributed by atoms with Crippen LogP contribution in [-0.4, -0.2) is 10.2 Å². The topological polar surface area (TPSA) is 55.9 Å². The maximum Gasteiger partial charge on any atom is 0.161 e. The zero-order valence-corrected chi connectivity index (χ0v) is 16.8. The van der Waals surface area contributed by atoms with Crippen LogP contribution in [0.3, 0.4) is 0 Å². The number of quaternary nitrogens is 1. The van der Waals surface area contributed by atoms with Crippen molar-refractivity contribution < 1.29 is 10.7 Å². The molecule has 146 valence electrons. The third-order valence-corrected chi connectivity index (χ3v) is 6.30. The molecule has 1 atom stereocenters. The largest absolute Gasteiger partial charge is 0.361 e. The lowest BCUT2D eigenvalue weighted by molar-refractivity contribution is -0.825. The molecule has 4 heteroatoms. The Labute approximate surface area is 170 Å². The van der Waals surface area contributed by atoms with Gasteiger partial charge in [-0.1, -0.05) is 62.4 Å². The molecule has 3 aromatic carbocycles. The molecule has 0 amide bonds. The summed E-state index contributed by atoms with van der Waals surface area (Å²) in [5.41, 5.74) is 8.37. The van der Waals surface area contributed by atoms with Gasteiger partial charge in [0.05, 0.1) is 6.04 Å². The van der Waals surface area contributed by atoms with E-state index in [0.717, 1.165) is 17.7 Å². The summed E-state index contributed by atoms with van der Waals surface area (Å²) in [5.74, 6) is 0. The summed E-state index contributed by atoms with van der Waals surface area (Å²) < 4.78 is 0. The average Bonchev–Trinajstić information content (AvgIpc) is 3.26. The Morgan fingerprint density at radius 3 is 2.48 bits per heavy atom. The second kappa shape index (κ2) is 6.76. The van der Waals surface area contributed by atoms with Crippen LogP contribution in [-0.2, 0) is 12.0 Å². The van der Waals surface area contributed by atoms with Crippen LogP contribution in [0, 0.1) is 0 Å². The van der Waals surface area contributed by atoms with E-state index in [0.29, 0.717) is 0 Å². The maximum absolute atomic E-state index is 9.24. The lowest BCUT2D eigenvalue weighted by Crippen LogP contribution is -2.73. The van der Waals surface area contributed by atoms with Gasteiger partial charge in [-0.2, -0.15) is 5.48 Å². The summed E-state index contributed by atoms with van der Waals surface area (Å²) in [6.45, 7) is 5.51. The molecule has 0 fully saturated rings. The highest BCUT2D eigenvalue weighted by Crippen LogP contribution is 2.54. The van der Waals surface area contributed by atoms with Crippen molar-refractivity contribution in [2.45, 2.75) is 31.8 Å². The van der Waals surface area contributed by atoms with E-state index in [2.05, 4.69) is 90.6 Å². The molecule has 1 aromatic heterocycles. The number of fused-ring (bicyclic) bond motifs is 2. The van der Waals surface area contributed by atoms with Crippen molar-refractivity contribution >= 4 is 22.3 Å². The number of para-hydroxylation sites is 2. The van der Waals surface area contributed by atoms with Crippen molar-refractivity contribution in [3.05, 3.63) is 95.7 Å². The molecule has 29 heavy (non-hydrogen) atoms. The van der Waals surface area contributed by atoms with Gasteiger partial charge in [0.25, 0.3) is 0 Å². The molecular weight excluding hydrogens is 358 g/mol. The molecule has 1 unspecified atom stereocenters. The number of nitrogens with zero attached hydrogens (tertiary/aromatic N) is 1. The molecular formula is C25H26N3O+. The molecule has 0 aliphatic carbocycles. The number of hydrogen-bond donors (Lipinski definition) is 3. The highest BCUT2D eigenvalue weighted by Gasteiger charge is 2.45. The molecule has 5 rings (SSSR count). The molecule has 0 spiro atoms. The Morgan fingerprint density at radius 1 is 0.966 bits per heavy atom. The fourth-order valence-electron chi connectivity index (χ4n) is 4.90. The van der Waals surface area contributed by atoms with Gasteiger partial charge in [0.1, 0.15) is 0 Å². The molecule has 0 saturated carbocycles. The monoisotopic (exact) mass is 384 g/mol. The van der Waals surface area contributed by atoms with Gasteiger partial charge in [0.2, 0.25) is 0 Å². The van der Waals surface area contributed by atoms with Crippen molar-refractivity contribution in [3.8, 4) is 0 Å². The summed E-state index contributed by atoms with van der Waals surface area (Å²) in [4.78, 5) is 6.00. The number of H-pyrrole nitrogens is 1. The zero-order chi connectivity index (χ0) is 20.0. The van der Waals surface area contributed by atoms with Gasteiger partial charge in [-0.15, -0.1) is 0 Å². The summed E-state index contributed by atoms with van der Waals surface area (Å²) in [7, 11) is 0. The van der Waals surface area contributed by atoms with Crippen LogP contribution >= 0.6 is 0 Å². The van der Waals surface area contributed by atoms with E-state index in [9.17, 15) is 5.21 Å². The van der Waals surface area contributed by atoms with Crippen LogP contribution < -0.4 is 10.4 Å². The summed E-state index contributed by atoms with van der Waals surface area (Å²) in [6.07, 6.45) is 2.18. The summed E-state index contributed by atoms with van der Waals surface area (Å²) in [5, 5.41) is 10.5. The molecule has 1 aliphatic heterocycles.